The molecule has 0 aliphatic carbocycles. The summed E-state index contributed by atoms with van der Waals surface area (Å²) in [5.41, 5.74) is 0. The van der Waals surface area contributed by atoms with E-state index in [1.165, 1.54) is 0 Å². The van der Waals surface area contributed by atoms with Crippen molar-refractivity contribution in [3.05, 3.63) is 23.6 Å². The Balaban J connectivity index is 2.39. The van der Waals surface area contributed by atoms with Crippen LogP contribution in [0.25, 0.3) is 0 Å². The van der Waals surface area contributed by atoms with Crippen LogP contribution in [0.2, 0.25) is 0 Å². The molecule has 0 spiro atoms. The van der Waals surface area contributed by atoms with Crippen LogP contribution in [0.4, 0.5) is 19.0 Å². The zero-order chi connectivity index (χ0) is 9.42. The van der Waals surface area contributed by atoms with Crippen molar-refractivity contribution < 1.29 is 13.2 Å². The molecule has 13 heavy (non-hydrogen) atoms. The number of anilines is 1. The molecule has 1 aromatic heterocycles. The minimum atomic E-state index is -1.25. The summed E-state index contributed by atoms with van der Waals surface area (Å²) in [5, 5.41) is 0. The maximum atomic E-state index is 13.0. The summed E-state index contributed by atoms with van der Waals surface area (Å²) < 4.78 is 38.0. The Morgan fingerprint density at radius 3 is 2.38 bits per heavy atom. The van der Waals surface area contributed by atoms with E-state index in [4.69, 9.17) is 0 Å². The molecule has 0 unspecified atom stereocenters. The molecular formula is C8H7F3N2. The first kappa shape index (κ1) is 8.34. The minimum Gasteiger partial charge on any atom is -0.354 e. The number of aromatic nitrogens is 1. The Labute approximate surface area is 73.0 Å². The van der Waals surface area contributed by atoms with E-state index in [0.717, 1.165) is 6.42 Å². The van der Waals surface area contributed by atoms with Crippen LogP contribution < -0.4 is 4.90 Å². The van der Waals surface area contributed by atoms with Crippen LogP contribution in [0.3, 0.4) is 0 Å². The highest BCUT2D eigenvalue weighted by Gasteiger charge is 2.21. The van der Waals surface area contributed by atoms with Gasteiger partial charge in [0.05, 0.1) is 0 Å². The fraction of sp³-hybridized carbons (Fsp3) is 0.375. The maximum Gasteiger partial charge on any atom is 0.251 e. The summed E-state index contributed by atoms with van der Waals surface area (Å²) in [6.07, 6.45) is 0.931. The van der Waals surface area contributed by atoms with E-state index in [9.17, 15) is 13.2 Å². The second kappa shape index (κ2) is 2.90. The van der Waals surface area contributed by atoms with Crippen molar-refractivity contribution in [2.24, 2.45) is 0 Å². The summed E-state index contributed by atoms with van der Waals surface area (Å²) in [4.78, 5) is 4.77. The molecule has 0 atom stereocenters. The van der Waals surface area contributed by atoms with Crippen LogP contribution in [-0.4, -0.2) is 18.1 Å². The number of hydrogen-bond acceptors (Lipinski definition) is 2. The molecule has 2 heterocycles. The van der Waals surface area contributed by atoms with Gasteiger partial charge in [-0.1, -0.05) is 0 Å². The van der Waals surface area contributed by atoms with Crippen molar-refractivity contribution in [2.75, 3.05) is 18.0 Å². The lowest BCUT2D eigenvalue weighted by atomic mass is 10.2. The summed E-state index contributed by atoms with van der Waals surface area (Å²) in [5.74, 6) is -3.39. The largest absolute Gasteiger partial charge is 0.354 e. The van der Waals surface area contributed by atoms with Gasteiger partial charge in [-0.3, -0.25) is 0 Å². The molecule has 0 amide bonds. The standard InChI is InChI=1S/C8H7F3N2/c9-5-4-6(10)8(12-7(5)11)13-2-1-3-13/h4H,1-3H2. The van der Waals surface area contributed by atoms with E-state index in [2.05, 4.69) is 4.98 Å². The van der Waals surface area contributed by atoms with Gasteiger partial charge in [-0.05, 0) is 6.42 Å². The van der Waals surface area contributed by atoms with Crippen LogP contribution in [-0.2, 0) is 0 Å². The first-order chi connectivity index (χ1) is 6.18. The first-order valence-electron chi connectivity index (χ1n) is 3.95. The smallest absolute Gasteiger partial charge is 0.251 e. The predicted octanol–water partition coefficient (Wildman–Crippen LogP) is 1.71. The lowest BCUT2D eigenvalue weighted by Crippen LogP contribution is -2.38. The molecule has 2 nitrogen and oxygen atoms in total. The van der Waals surface area contributed by atoms with E-state index < -0.39 is 17.6 Å². The van der Waals surface area contributed by atoms with Crippen molar-refractivity contribution in [1.82, 2.24) is 4.98 Å². The van der Waals surface area contributed by atoms with Crippen LogP contribution in [0.5, 0.6) is 0 Å². The topological polar surface area (TPSA) is 16.1 Å². The van der Waals surface area contributed by atoms with Crippen LogP contribution in [0.1, 0.15) is 6.42 Å². The van der Waals surface area contributed by atoms with Crippen molar-refractivity contribution in [2.45, 2.75) is 6.42 Å². The number of pyridine rings is 1. The second-order valence-corrected chi connectivity index (χ2v) is 2.91. The molecule has 70 valence electrons. The SMILES string of the molecule is Fc1cc(F)c(N2CCC2)nc1F. The van der Waals surface area contributed by atoms with Crippen LogP contribution in [0, 0.1) is 17.6 Å². The Bertz CT molecular complexity index is 336. The molecule has 2 rings (SSSR count). The lowest BCUT2D eigenvalue weighted by molar-refractivity contribution is 0.457. The first-order valence-corrected chi connectivity index (χ1v) is 3.95. The van der Waals surface area contributed by atoms with E-state index in [0.29, 0.717) is 19.2 Å². The number of hydrogen-bond donors (Lipinski definition) is 0. The van der Waals surface area contributed by atoms with Gasteiger partial charge in [0.25, 0.3) is 5.95 Å². The lowest BCUT2D eigenvalue weighted by Gasteiger charge is -2.32. The van der Waals surface area contributed by atoms with Crippen molar-refractivity contribution in [3.63, 3.8) is 0 Å². The molecular weight excluding hydrogens is 181 g/mol. The summed E-state index contributed by atoms with van der Waals surface area (Å²) in [7, 11) is 0. The molecule has 0 saturated carbocycles. The van der Waals surface area contributed by atoms with E-state index in [1.54, 1.807) is 4.90 Å². The maximum absolute atomic E-state index is 13.0. The predicted molar refractivity (Wildman–Crippen MR) is 40.9 cm³/mol. The van der Waals surface area contributed by atoms with Crippen LogP contribution >= 0.6 is 0 Å². The Kier molecular flexibility index (Phi) is 1.86. The number of nitrogens with zero attached hydrogens (tertiary/aromatic N) is 2. The molecule has 1 aromatic rings. The molecule has 1 aliphatic heterocycles. The fourth-order valence-corrected chi connectivity index (χ4v) is 1.18. The third-order valence-electron chi connectivity index (χ3n) is 2.02. The Hall–Kier alpha value is -1.26. The highest BCUT2D eigenvalue weighted by molar-refractivity contribution is 5.42. The highest BCUT2D eigenvalue weighted by Crippen LogP contribution is 2.22. The number of rotatable bonds is 1. The minimum absolute atomic E-state index is 0.0925. The van der Waals surface area contributed by atoms with Gasteiger partial charge < -0.3 is 4.90 Å². The molecule has 0 aromatic carbocycles. The second-order valence-electron chi connectivity index (χ2n) is 2.91. The van der Waals surface area contributed by atoms with Gasteiger partial charge >= 0.3 is 0 Å². The molecule has 1 saturated heterocycles. The average Bonchev–Trinajstić information content (AvgIpc) is 1.96. The summed E-state index contributed by atoms with van der Waals surface area (Å²) in [6, 6.07) is 0.524. The van der Waals surface area contributed by atoms with Gasteiger partial charge in [-0.25, -0.2) is 8.78 Å². The Morgan fingerprint density at radius 1 is 1.15 bits per heavy atom. The quantitative estimate of drug-likeness (QED) is 0.623. The normalized spacial score (nSPS) is 15.8. The van der Waals surface area contributed by atoms with E-state index in [1.807, 2.05) is 0 Å². The molecule has 0 bridgehead atoms. The summed E-state index contributed by atoms with van der Waals surface area (Å²) in [6.45, 7) is 1.30. The molecule has 1 aliphatic rings. The Morgan fingerprint density at radius 2 is 1.85 bits per heavy atom. The monoisotopic (exact) mass is 188 g/mol. The van der Waals surface area contributed by atoms with Gasteiger partial charge in [-0.2, -0.15) is 9.37 Å². The zero-order valence-electron chi connectivity index (χ0n) is 6.73. The zero-order valence-corrected chi connectivity index (χ0v) is 6.73. The van der Waals surface area contributed by atoms with Crippen molar-refractivity contribution >= 4 is 5.82 Å². The van der Waals surface area contributed by atoms with E-state index in [-0.39, 0.29) is 5.82 Å². The van der Waals surface area contributed by atoms with Gasteiger partial charge in [-0.15, -0.1) is 0 Å². The number of halogens is 3. The van der Waals surface area contributed by atoms with Crippen molar-refractivity contribution in [3.8, 4) is 0 Å². The fourth-order valence-electron chi connectivity index (χ4n) is 1.18. The van der Waals surface area contributed by atoms with Gasteiger partial charge in [0.1, 0.15) is 0 Å². The molecule has 0 radical (unpaired) electrons. The van der Waals surface area contributed by atoms with Gasteiger partial charge in [0.2, 0.25) is 0 Å². The summed E-state index contributed by atoms with van der Waals surface area (Å²) >= 11 is 0. The third-order valence-corrected chi connectivity index (χ3v) is 2.02. The average molecular weight is 188 g/mol. The van der Waals surface area contributed by atoms with Crippen LogP contribution in [0.15, 0.2) is 6.07 Å². The third kappa shape index (κ3) is 1.34. The van der Waals surface area contributed by atoms with Gasteiger partial charge in [0.15, 0.2) is 17.5 Å². The molecule has 0 N–H and O–H groups in total. The molecule has 5 heteroatoms. The van der Waals surface area contributed by atoms with Gasteiger partial charge in [0, 0.05) is 19.2 Å². The van der Waals surface area contributed by atoms with Crippen molar-refractivity contribution in [1.29, 1.82) is 0 Å². The molecule has 1 fully saturated rings. The highest BCUT2D eigenvalue weighted by atomic mass is 19.2. The van der Waals surface area contributed by atoms with E-state index >= 15 is 0 Å².